The standard InChI is InChI=1S/C3H9O3P.Li/c1-3-6-7(2,4)5;/h3H2,1-2H3,(H,4,5);/q;+1/p-1. The van der Waals surface area contributed by atoms with E-state index >= 15 is 0 Å². The minimum Gasteiger partial charge on any atom is -0.779 e. The first kappa shape index (κ1) is 11.5. The van der Waals surface area contributed by atoms with Gasteiger partial charge in [0.2, 0.25) is 0 Å². The number of hydrogen-bond donors (Lipinski definition) is 0. The fourth-order valence-electron chi connectivity index (χ4n) is 0.235. The molecule has 0 aliphatic rings. The molecule has 0 fully saturated rings. The second-order valence-corrected chi connectivity index (χ2v) is 2.99. The molecule has 0 aromatic carbocycles. The van der Waals surface area contributed by atoms with E-state index in [1.165, 1.54) is 0 Å². The molecule has 3 nitrogen and oxygen atoms in total. The molecule has 0 spiro atoms. The Hall–Kier alpha value is 0.747. The van der Waals surface area contributed by atoms with E-state index in [2.05, 4.69) is 4.52 Å². The minimum absolute atomic E-state index is 0. The second-order valence-electron chi connectivity index (χ2n) is 1.19. The third kappa shape index (κ3) is 9.89. The van der Waals surface area contributed by atoms with E-state index < -0.39 is 7.60 Å². The largest absolute Gasteiger partial charge is 1.00 e. The molecule has 8 heavy (non-hydrogen) atoms. The predicted octanol–water partition coefficient (Wildman–Crippen LogP) is -2.79. The van der Waals surface area contributed by atoms with Crippen LogP contribution in [0.3, 0.4) is 0 Å². The maximum Gasteiger partial charge on any atom is 1.00 e. The third-order valence-corrected chi connectivity index (χ3v) is 1.09. The van der Waals surface area contributed by atoms with Crippen LogP contribution < -0.4 is 23.8 Å². The van der Waals surface area contributed by atoms with E-state index in [9.17, 15) is 9.46 Å². The van der Waals surface area contributed by atoms with Crippen LogP contribution in [0.4, 0.5) is 0 Å². The van der Waals surface area contributed by atoms with Gasteiger partial charge in [-0.2, -0.15) is 0 Å². The van der Waals surface area contributed by atoms with Crippen molar-refractivity contribution in [3.63, 3.8) is 0 Å². The van der Waals surface area contributed by atoms with E-state index in [1.807, 2.05) is 0 Å². The van der Waals surface area contributed by atoms with Crippen LogP contribution in [0, 0.1) is 0 Å². The van der Waals surface area contributed by atoms with Crippen molar-refractivity contribution in [1.82, 2.24) is 0 Å². The van der Waals surface area contributed by atoms with E-state index in [0.717, 1.165) is 6.66 Å². The molecule has 0 aromatic rings. The summed E-state index contributed by atoms with van der Waals surface area (Å²) >= 11 is 0. The van der Waals surface area contributed by atoms with Crippen LogP contribution in [0.25, 0.3) is 0 Å². The molecular formula is C3H8LiO3P. The van der Waals surface area contributed by atoms with Gasteiger partial charge in [-0.1, -0.05) is 0 Å². The molecule has 5 heteroatoms. The maximum atomic E-state index is 10.0. The van der Waals surface area contributed by atoms with Crippen molar-refractivity contribution in [2.45, 2.75) is 6.92 Å². The fourth-order valence-corrected chi connectivity index (χ4v) is 0.704. The van der Waals surface area contributed by atoms with Gasteiger partial charge >= 0.3 is 18.9 Å². The number of rotatable bonds is 2. The summed E-state index contributed by atoms with van der Waals surface area (Å²) in [5, 5.41) is 0. The maximum absolute atomic E-state index is 10.0. The summed E-state index contributed by atoms with van der Waals surface area (Å²) in [6, 6.07) is 0. The molecule has 0 amide bonds. The topological polar surface area (TPSA) is 49.4 Å². The van der Waals surface area contributed by atoms with E-state index in [4.69, 9.17) is 0 Å². The molecule has 0 aromatic heterocycles. The Balaban J connectivity index is 0. The molecule has 0 N–H and O–H groups in total. The van der Waals surface area contributed by atoms with Crippen LogP contribution >= 0.6 is 7.60 Å². The van der Waals surface area contributed by atoms with Gasteiger partial charge in [0.25, 0.3) is 0 Å². The molecule has 1 unspecified atom stereocenters. The first-order chi connectivity index (χ1) is 3.06. The second kappa shape index (κ2) is 4.61. The normalized spacial score (nSPS) is 16.4. The van der Waals surface area contributed by atoms with Gasteiger partial charge in [-0.25, -0.2) is 0 Å². The molecule has 0 rings (SSSR count). The van der Waals surface area contributed by atoms with E-state index in [1.54, 1.807) is 6.92 Å². The Morgan fingerprint density at radius 1 is 1.75 bits per heavy atom. The molecule has 1 atom stereocenters. The SMILES string of the molecule is CCOP(C)(=O)[O-].[Li+]. The monoisotopic (exact) mass is 130 g/mol. The van der Waals surface area contributed by atoms with Crippen LogP contribution in [0.5, 0.6) is 0 Å². The zero-order chi connectivity index (χ0) is 5.91. The van der Waals surface area contributed by atoms with Gasteiger partial charge in [0.05, 0.1) is 6.61 Å². The molecular weight excluding hydrogens is 122 g/mol. The van der Waals surface area contributed by atoms with Gasteiger partial charge in [-0.15, -0.1) is 0 Å². The fraction of sp³-hybridized carbons (Fsp3) is 1.00. The summed E-state index contributed by atoms with van der Waals surface area (Å²) < 4.78 is 14.3. The Labute approximate surface area is 61.1 Å². The van der Waals surface area contributed by atoms with Gasteiger partial charge in [0.15, 0.2) is 0 Å². The number of hydrogen-bond acceptors (Lipinski definition) is 3. The quantitative estimate of drug-likeness (QED) is 0.300. The van der Waals surface area contributed by atoms with Gasteiger partial charge in [-0.05, 0) is 6.92 Å². The molecule has 0 saturated heterocycles. The first-order valence-electron chi connectivity index (χ1n) is 1.99. The third-order valence-electron chi connectivity index (χ3n) is 0.364. The summed E-state index contributed by atoms with van der Waals surface area (Å²) in [7, 11) is -3.42. The Morgan fingerprint density at radius 3 is 2.12 bits per heavy atom. The van der Waals surface area contributed by atoms with Crippen molar-refractivity contribution in [2.75, 3.05) is 13.3 Å². The first-order valence-corrected chi connectivity index (χ1v) is 3.98. The van der Waals surface area contributed by atoms with Crippen molar-refractivity contribution in [3.05, 3.63) is 0 Å². The summed E-state index contributed by atoms with van der Waals surface area (Å²) in [6.45, 7) is 2.92. The van der Waals surface area contributed by atoms with Gasteiger partial charge < -0.3 is 14.0 Å². The van der Waals surface area contributed by atoms with Gasteiger partial charge in [0.1, 0.15) is 7.60 Å². The van der Waals surface area contributed by atoms with Gasteiger partial charge in [-0.3, -0.25) is 0 Å². The average Bonchev–Trinajstić information content (AvgIpc) is 1.30. The van der Waals surface area contributed by atoms with E-state index in [0.29, 0.717) is 0 Å². The summed E-state index contributed by atoms with van der Waals surface area (Å²) in [4.78, 5) is 10.0. The average molecular weight is 130 g/mol. The van der Waals surface area contributed by atoms with Gasteiger partial charge in [0, 0.05) is 6.66 Å². The van der Waals surface area contributed by atoms with Crippen molar-refractivity contribution in [1.29, 1.82) is 0 Å². The molecule has 0 heterocycles. The van der Waals surface area contributed by atoms with Crippen molar-refractivity contribution < 1.29 is 32.8 Å². The van der Waals surface area contributed by atoms with Crippen LogP contribution in [-0.4, -0.2) is 13.3 Å². The smallest absolute Gasteiger partial charge is 0.779 e. The molecule has 0 bridgehead atoms. The Bertz CT molecular complexity index is 88.5. The van der Waals surface area contributed by atoms with Crippen molar-refractivity contribution >= 4 is 7.60 Å². The zero-order valence-electron chi connectivity index (χ0n) is 5.38. The van der Waals surface area contributed by atoms with Crippen molar-refractivity contribution in [2.24, 2.45) is 0 Å². The summed E-state index contributed by atoms with van der Waals surface area (Å²) in [5.74, 6) is 0. The van der Waals surface area contributed by atoms with Crippen LogP contribution in [-0.2, 0) is 9.09 Å². The predicted molar refractivity (Wildman–Crippen MR) is 25.2 cm³/mol. The summed E-state index contributed by atoms with van der Waals surface area (Å²) in [5.41, 5.74) is 0. The zero-order valence-corrected chi connectivity index (χ0v) is 6.27. The molecule has 0 radical (unpaired) electrons. The summed E-state index contributed by atoms with van der Waals surface area (Å²) in [6.07, 6.45) is 0. The van der Waals surface area contributed by atoms with E-state index in [-0.39, 0.29) is 25.5 Å². The van der Waals surface area contributed by atoms with Crippen LogP contribution in [0.15, 0.2) is 0 Å². The van der Waals surface area contributed by atoms with Crippen LogP contribution in [0.1, 0.15) is 6.92 Å². The minimum atomic E-state index is -3.42. The van der Waals surface area contributed by atoms with Crippen molar-refractivity contribution in [3.8, 4) is 0 Å². The molecule has 44 valence electrons. The molecule has 0 saturated carbocycles. The Kier molecular flexibility index (Phi) is 6.65. The molecule has 0 aliphatic carbocycles. The molecule has 0 aliphatic heterocycles. The van der Waals surface area contributed by atoms with Crippen LogP contribution in [0.2, 0.25) is 0 Å². The Morgan fingerprint density at radius 2 is 2.12 bits per heavy atom.